The van der Waals surface area contributed by atoms with Crippen LogP contribution in [-0.4, -0.2) is 74.2 Å². The first-order valence-corrected chi connectivity index (χ1v) is 9.20. The van der Waals surface area contributed by atoms with Crippen molar-refractivity contribution >= 4 is 46.5 Å². The average molecular weight is 407 g/mol. The van der Waals surface area contributed by atoms with Crippen LogP contribution in [0.4, 0.5) is 0 Å². The third-order valence-electron chi connectivity index (χ3n) is 5.89. The summed E-state index contributed by atoms with van der Waals surface area (Å²) in [5.41, 5.74) is -1.44. The molecule has 0 aromatic heterocycles. The summed E-state index contributed by atoms with van der Waals surface area (Å²) in [4.78, 5) is 32.5. The average Bonchev–Trinajstić information content (AvgIpc) is 2.89. The summed E-state index contributed by atoms with van der Waals surface area (Å²) < 4.78 is 5.16. The van der Waals surface area contributed by atoms with Gasteiger partial charge in [0.25, 0.3) is 5.91 Å². The summed E-state index contributed by atoms with van der Waals surface area (Å²) in [6.45, 7) is 5.19. The number of thiocarbonyl (C=S) groups is 2. The van der Waals surface area contributed by atoms with Crippen molar-refractivity contribution in [3.05, 3.63) is 29.8 Å². The second-order valence-corrected chi connectivity index (χ2v) is 7.68. The Labute approximate surface area is 169 Å². The molecule has 0 saturated carbocycles. The van der Waals surface area contributed by atoms with Crippen LogP contribution in [0.3, 0.4) is 0 Å². The molecule has 3 rings (SSSR count). The van der Waals surface area contributed by atoms with E-state index in [0.717, 1.165) is 0 Å². The number of hydrogen-bond donors (Lipinski definition) is 0. The van der Waals surface area contributed by atoms with Gasteiger partial charge < -0.3 is 14.5 Å². The summed E-state index contributed by atoms with van der Waals surface area (Å²) >= 11 is 11.1. The number of nitrogens with zero attached hydrogens (tertiary/aromatic N) is 4. The van der Waals surface area contributed by atoms with E-state index in [4.69, 9.17) is 29.2 Å². The van der Waals surface area contributed by atoms with E-state index >= 15 is 0 Å². The van der Waals surface area contributed by atoms with Crippen LogP contribution >= 0.6 is 24.4 Å². The van der Waals surface area contributed by atoms with E-state index in [9.17, 15) is 9.59 Å². The largest absolute Gasteiger partial charge is 0.497 e. The minimum atomic E-state index is -1.09. The van der Waals surface area contributed by atoms with Gasteiger partial charge in [0, 0.05) is 26.6 Å². The van der Waals surface area contributed by atoms with Crippen molar-refractivity contribution in [3.8, 4) is 5.75 Å². The summed E-state index contributed by atoms with van der Waals surface area (Å²) in [5.74, 6) is 0.102. The lowest BCUT2D eigenvalue weighted by Gasteiger charge is -2.43. The molecule has 2 aliphatic rings. The van der Waals surface area contributed by atoms with Gasteiger partial charge in [-0.1, -0.05) is 0 Å². The zero-order valence-electron chi connectivity index (χ0n) is 16.1. The molecule has 2 saturated heterocycles. The monoisotopic (exact) mass is 406 g/mol. The van der Waals surface area contributed by atoms with Crippen molar-refractivity contribution in [2.75, 3.05) is 21.2 Å². The minimum absolute atomic E-state index is 0.247. The van der Waals surface area contributed by atoms with Crippen LogP contribution in [0.2, 0.25) is 0 Å². The molecule has 1 aromatic carbocycles. The highest BCUT2D eigenvalue weighted by Crippen LogP contribution is 2.50. The Morgan fingerprint density at radius 3 is 1.85 bits per heavy atom. The van der Waals surface area contributed by atoms with Crippen LogP contribution in [0.15, 0.2) is 24.3 Å². The maximum atomic E-state index is 13.4. The second-order valence-electron chi connectivity index (χ2n) is 6.95. The van der Waals surface area contributed by atoms with Gasteiger partial charge in [-0.3, -0.25) is 19.4 Å². The fraction of sp³-hybridized carbons (Fsp3) is 0.444. The highest BCUT2D eigenvalue weighted by atomic mass is 32.1. The molecular weight excluding hydrogens is 384 g/mol. The maximum absolute atomic E-state index is 13.4. The van der Waals surface area contributed by atoms with Crippen LogP contribution in [0.5, 0.6) is 5.75 Å². The number of carbonyl (C=O) groups is 2. The number of rotatable bonds is 2. The first kappa shape index (κ1) is 19.5. The molecule has 2 atom stereocenters. The quantitative estimate of drug-likeness (QED) is 0.695. The highest BCUT2D eigenvalue weighted by Gasteiger charge is 2.72. The van der Waals surface area contributed by atoms with Gasteiger partial charge in [-0.05, 0) is 62.5 Å². The van der Waals surface area contributed by atoms with Gasteiger partial charge in [-0.25, -0.2) is 0 Å². The van der Waals surface area contributed by atoms with Gasteiger partial charge in [0.05, 0.1) is 7.11 Å². The SMILES string of the molecule is COc1ccc(C(=O)N2C(=S)N(C)[C@@]3(C)N(C)C(=S)N(C(C)=O)[C@@]23C)cc1. The van der Waals surface area contributed by atoms with Gasteiger partial charge in [0.1, 0.15) is 5.75 Å². The number of hydrogen-bond acceptors (Lipinski definition) is 5. The Bertz CT molecular complexity index is 859. The normalized spacial score (nSPS) is 27.3. The molecule has 2 fully saturated rings. The molecule has 0 aliphatic carbocycles. The highest BCUT2D eigenvalue weighted by molar-refractivity contribution is 7.80. The van der Waals surface area contributed by atoms with Crippen molar-refractivity contribution in [1.82, 2.24) is 19.6 Å². The number of amides is 2. The van der Waals surface area contributed by atoms with E-state index in [0.29, 0.717) is 21.5 Å². The number of likely N-dealkylation sites (N-methyl/N-ethyl adjacent to an activating group) is 2. The molecule has 2 aliphatic heterocycles. The van der Waals surface area contributed by atoms with Crippen molar-refractivity contribution in [2.45, 2.75) is 32.1 Å². The van der Waals surface area contributed by atoms with Crippen LogP contribution < -0.4 is 4.74 Å². The molecular formula is C18H22N4O3S2. The number of methoxy groups -OCH3 is 1. The fourth-order valence-electron chi connectivity index (χ4n) is 4.02. The Kier molecular flexibility index (Phi) is 4.43. The Morgan fingerprint density at radius 2 is 1.41 bits per heavy atom. The molecule has 2 amide bonds. The predicted molar refractivity (Wildman–Crippen MR) is 109 cm³/mol. The Morgan fingerprint density at radius 1 is 0.926 bits per heavy atom. The molecule has 27 heavy (non-hydrogen) atoms. The van der Waals surface area contributed by atoms with Gasteiger partial charge in [-0.2, -0.15) is 0 Å². The lowest BCUT2D eigenvalue weighted by molar-refractivity contribution is -0.133. The van der Waals surface area contributed by atoms with Gasteiger partial charge >= 0.3 is 0 Å². The van der Waals surface area contributed by atoms with Crippen LogP contribution in [0.1, 0.15) is 31.1 Å². The number of carbonyl (C=O) groups excluding carboxylic acids is 2. The fourth-order valence-corrected chi connectivity index (χ4v) is 4.94. The number of benzene rings is 1. The molecule has 1 aromatic rings. The first-order chi connectivity index (χ1) is 12.5. The summed E-state index contributed by atoms with van der Waals surface area (Å²) in [7, 11) is 5.18. The van der Waals surface area contributed by atoms with Crippen molar-refractivity contribution in [1.29, 1.82) is 0 Å². The van der Waals surface area contributed by atoms with Crippen LogP contribution in [0, 0.1) is 0 Å². The predicted octanol–water partition coefficient (Wildman–Crippen LogP) is 1.88. The third kappa shape index (κ3) is 2.24. The molecule has 7 nitrogen and oxygen atoms in total. The second kappa shape index (κ2) is 6.13. The zero-order chi connectivity index (χ0) is 20.3. The summed E-state index contributed by atoms with van der Waals surface area (Å²) in [6.07, 6.45) is 0. The van der Waals surface area contributed by atoms with E-state index in [1.807, 2.05) is 37.7 Å². The van der Waals surface area contributed by atoms with Crippen molar-refractivity contribution in [3.63, 3.8) is 0 Å². The lowest BCUT2D eigenvalue weighted by Crippen LogP contribution is -2.65. The van der Waals surface area contributed by atoms with Crippen LogP contribution in [0.25, 0.3) is 0 Å². The van der Waals surface area contributed by atoms with Gasteiger partial charge in [0.15, 0.2) is 21.6 Å². The standard InChI is InChI=1S/C18H22N4O3S2/c1-11(23)21-15(26)19(4)17(2)18(21,3)22(16(27)20(17)5)14(24)12-7-9-13(25-6)10-8-12/h7-10H,1-6H3/t17-,18+/m1/s1. The molecule has 0 bridgehead atoms. The van der Waals surface area contributed by atoms with Gasteiger partial charge in [-0.15, -0.1) is 0 Å². The van der Waals surface area contributed by atoms with Crippen molar-refractivity contribution < 1.29 is 14.3 Å². The summed E-state index contributed by atoms with van der Waals surface area (Å²) in [5, 5.41) is 0.691. The topological polar surface area (TPSA) is 56.3 Å². The number of ether oxygens (including phenoxy) is 1. The van der Waals surface area contributed by atoms with Crippen molar-refractivity contribution in [2.24, 2.45) is 0 Å². The summed E-state index contributed by atoms with van der Waals surface area (Å²) in [6, 6.07) is 6.79. The van der Waals surface area contributed by atoms with Gasteiger partial charge in [0.2, 0.25) is 5.91 Å². The molecule has 0 unspecified atom stereocenters. The first-order valence-electron chi connectivity index (χ1n) is 8.38. The van der Waals surface area contributed by atoms with E-state index in [1.165, 1.54) is 16.7 Å². The third-order valence-corrected chi connectivity index (χ3v) is 6.80. The van der Waals surface area contributed by atoms with E-state index < -0.39 is 11.3 Å². The molecule has 0 N–H and O–H groups in total. The van der Waals surface area contributed by atoms with Crippen LogP contribution in [-0.2, 0) is 4.79 Å². The zero-order valence-corrected chi connectivity index (χ0v) is 17.8. The minimum Gasteiger partial charge on any atom is -0.497 e. The molecule has 144 valence electrons. The lowest BCUT2D eigenvalue weighted by atomic mass is 9.95. The molecule has 0 spiro atoms. The Balaban J connectivity index is 2.17. The number of fused-ring (bicyclic) bond motifs is 1. The van der Waals surface area contributed by atoms with E-state index in [1.54, 1.807) is 31.4 Å². The molecule has 9 heteroatoms. The molecule has 0 radical (unpaired) electrons. The van der Waals surface area contributed by atoms with E-state index in [2.05, 4.69) is 0 Å². The van der Waals surface area contributed by atoms with E-state index in [-0.39, 0.29) is 11.8 Å². The molecule has 2 heterocycles. The smallest absolute Gasteiger partial charge is 0.262 e. The Hall–Kier alpha value is -2.26. The maximum Gasteiger partial charge on any atom is 0.262 e.